The summed E-state index contributed by atoms with van der Waals surface area (Å²) in [5.41, 5.74) is 10.7. The average molecular weight is 253 g/mol. The van der Waals surface area contributed by atoms with E-state index in [1.807, 2.05) is 0 Å². The minimum absolute atomic E-state index is 0.319. The molecular formula is C9H8FN5OS. The van der Waals surface area contributed by atoms with Gasteiger partial charge in [0.2, 0.25) is 5.66 Å². The number of halogens is 1. The van der Waals surface area contributed by atoms with Gasteiger partial charge in [-0.05, 0) is 24.4 Å². The molecule has 0 bridgehead atoms. The molecule has 1 aromatic rings. The van der Waals surface area contributed by atoms with Crippen LogP contribution in [0.5, 0.6) is 0 Å². The van der Waals surface area contributed by atoms with Crippen molar-refractivity contribution in [3.05, 3.63) is 29.6 Å². The quantitative estimate of drug-likeness (QED) is 0.398. The second kappa shape index (κ2) is 3.36. The maximum Gasteiger partial charge on any atom is 0.267 e. The van der Waals surface area contributed by atoms with Crippen LogP contribution in [0.4, 0.5) is 10.1 Å². The van der Waals surface area contributed by atoms with Crippen LogP contribution in [0.1, 0.15) is 5.56 Å². The van der Waals surface area contributed by atoms with Gasteiger partial charge >= 0.3 is 0 Å². The maximum absolute atomic E-state index is 13.1. The van der Waals surface area contributed by atoms with Crippen LogP contribution in [0.3, 0.4) is 0 Å². The van der Waals surface area contributed by atoms with Crippen LogP contribution < -0.4 is 27.0 Å². The summed E-state index contributed by atoms with van der Waals surface area (Å²) in [5, 5.41) is 2.90. The van der Waals surface area contributed by atoms with E-state index in [9.17, 15) is 9.18 Å². The van der Waals surface area contributed by atoms with E-state index in [-0.39, 0.29) is 5.91 Å². The first-order valence-corrected chi connectivity index (χ1v) is 5.24. The molecule has 17 heavy (non-hydrogen) atoms. The second-order valence-electron chi connectivity index (χ2n) is 3.72. The van der Waals surface area contributed by atoms with Crippen LogP contribution in [0, 0.1) is 5.82 Å². The van der Waals surface area contributed by atoms with E-state index in [0.29, 0.717) is 16.4 Å². The Morgan fingerprint density at radius 2 is 1.94 bits per heavy atom. The molecule has 0 atom stereocenters. The third-order valence-corrected chi connectivity index (χ3v) is 2.91. The van der Waals surface area contributed by atoms with Gasteiger partial charge in [0.1, 0.15) is 5.82 Å². The number of amides is 1. The number of carbonyl (C=O) groups is 1. The predicted octanol–water partition coefficient (Wildman–Crippen LogP) is -0.583. The summed E-state index contributed by atoms with van der Waals surface area (Å²) in [6.45, 7) is 0. The second-order valence-corrected chi connectivity index (χ2v) is 4.13. The zero-order valence-electron chi connectivity index (χ0n) is 8.43. The molecule has 1 amide bonds. The lowest BCUT2D eigenvalue weighted by molar-refractivity contribution is -0.124. The van der Waals surface area contributed by atoms with Crippen LogP contribution in [0.15, 0.2) is 18.2 Å². The highest BCUT2D eigenvalue weighted by molar-refractivity contribution is 7.80. The van der Waals surface area contributed by atoms with Crippen molar-refractivity contribution in [2.24, 2.45) is 0 Å². The number of thiocarbonyl (C=S) groups is 1. The first-order chi connectivity index (χ1) is 8.12. The molecule has 0 saturated carbocycles. The zero-order valence-corrected chi connectivity index (χ0v) is 9.24. The van der Waals surface area contributed by atoms with Gasteiger partial charge in [-0.2, -0.15) is 0 Å². The van der Waals surface area contributed by atoms with Crippen molar-refractivity contribution in [3.8, 4) is 0 Å². The first kappa shape index (κ1) is 10.4. The van der Waals surface area contributed by atoms with Crippen LogP contribution in [0.25, 0.3) is 0 Å². The molecule has 0 aromatic heterocycles. The van der Waals surface area contributed by atoms with Crippen molar-refractivity contribution < 1.29 is 9.18 Å². The smallest absolute Gasteiger partial charge is 0.267 e. The molecule has 0 radical (unpaired) electrons. The monoisotopic (exact) mass is 253 g/mol. The Kier molecular flexibility index (Phi) is 2.05. The van der Waals surface area contributed by atoms with Gasteiger partial charge in [0.15, 0.2) is 5.11 Å². The van der Waals surface area contributed by atoms with Crippen LogP contribution in [0.2, 0.25) is 0 Å². The Bertz CT molecular complexity index is 524. The van der Waals surface area contributed by atoms with Crippen molar-refractivity contribution in [2.45, 2.75) is 5.66 Å². The maximum atomic E-state index is 13.1. The molecule has 1 aromatic carbocycles. The minimum atomic E-state index is -1.19. The molecule has 0 aliphatic carbocycles. The van der Waals surface area contributed by atoms with Gasteiger partial charge in [0.25, 0.3) is 5.91 Å². The fraction of sp³-hybridized carbons (Fsp3) is 0.111. The minimum Gasteiger partial charge on any atom is -0.322 e. The number of hydrogen-bond acceptors (Lipinski definition) is 4. The molecule has 88 valence electrons. The molecule has 1 spiro atoms. The highest BCUT2D eigenvalue weighted by Gasteiger charge is 2.49. The van der Waals surface area contributed by atoms with Crippen LogP contribution in [-0.2, 0) is 10.5 Å². The molecule has 2 heterocycles. The van der Waals surface area contributed by atoms with Crippen LogP contribution >= 0.6 is 12.2 Å². The third-order valence-electron chi connectivity index (χ3n) is 2.70. The van der Waals surface area contributed by atoms with E-state index < -0.39 is 11.5 Å². The Morgan fingerprint density at radius 1 is 1.24 bits per heavy atom. The van der Waals surface area contributed by atoms with E-state index in [1.54, 1.807) is 0 Å². The molecule has 6 nitrogen and oxygen atoms in total. The number of benzene rings is 1. The number of anilines is 1. The van der Waals surface area contributed by atoms with Crippen molar-refractivity contribution in [1.82, 2.24) is 21.7 Å². The lowest BCUT2D eigenvalue weighted by Gasteiger charge is -2.35. The molecule has 2 aliphatic heterocycles. The standard InChI is InChI=1S/C9H8FN5OS/c10-4-1-2-5-6(3-4)11-7(16)9(5)14-12-8(17)13-15-9/h1-3,14-15H,(H,11,16)(H2,12,13,17). The van der Waals surface area contributed by atoms with E-state index >= 15 is 0 Å². The molecule has 2 aliphatic rings. The summed E-state index contributed by atoms with van der Waals surface area (Å²) < 4.78 is 13.1. The normalized spacial score (nSPS) is 20.5. The summed E-state index contributed by atoms with van der Waals surface area (Å²) in [6.07, 6.45) is 0. The number of hydrogen-bond donors (Lipinski definition) is 5. The predicted molar refractivity (Wildman–Crippen MR) is 61.8 cm³/mol. The van der Waals surface area contributed by atoms with Crippen molar-refractivity contribution in [1.29, 1.82) is 0 Å². The van der Waals surface area contributed by atoms with Crippen molar-refractivity contribution >= 4 is 28.9 Å². The molecule has 1 fully saturated rings. The van der Waals surface area contributed by atoms with Gasteiger partial charge in [0, 0.05) is 5.56 Å². The van der Waals surface area contributed by atoms with E-state index in [1.165, 1.54) is 18.2 Å². The highest BCUT2D eigenvalue weighted by Crippen LogP contribution is 2.34. The van der Waals surface area contributed by atoms with Crippen molar-refractivity contribution in [2.75, 3.05) is 5.32 Å². The van der Waals surface area contributed by atoms with Gasteiger partial charge in [-0.25, -0.2) is 15.2 Å². The Morgan fingerprint density at radius 3 is 2.65 bits per heavy atom. The van der Waals surface area contributed by atoms with E-state index in [2.05, 4.69) is 27.0 Å². The summed E-state index contributed by atoms with van der Waals surface area (Å²) in [7, 11) is 0. The first-order valence-electron chi connectivity index (χ1n) is 4.84. The molecule has 5 N–H and O–H groups in total. The fourth-order valence-electron chi connectivity index (χ4n) is 1.90. The van der Waals surface area contributed by atoms with Gasteiger partial charge in [-0.15, -0.1) is 0 Å². The number of carbonyl (C=O) groups excluding carboxylic acids is 1. The van der Waals surface area contributed by atoms with E-state index in [0.717, 1.165) is 0 Å². The molecular weight excluding hydrogens is 245 g/mol. The summed E-state index contributed by atoms with van der Waals surface area (Å²) >= 11 is 4.84. The number of fused-ring (bicyclic) bond motifs is 2. The molecule has 3 rings (SSSR count). The van der Waals surface area contributed by atoms with Crippen LogP contribution in [-0.4, -0.2) is 11.0 Å². The largest absolute Gasteiger partial charge is 0.322 e. The number of rotatable bonds is 0. The summed E-state index contributed by atoms with van der Waals surface area (Å²) in [4.78, 5) is 11.9. The Balaban J connectivity index is 2.07. The fourth-order valence-corrected chi connectivity index (χ4v) is 2.00. The van der Waals surface area contributed by atoms with E-state index in [4.69, 9.17) is 12.2 Å². The lowest BCUT2D eigenvalue weighted by atomic mass is 10.0. The Hall–Kier alpha value is -1.77. The number of hydrazine groups is 2. The third kappa shape index (κ3) is 1.38. The highest BCUT2D eigenvalue weighted by atomic mass is 32.1. The molecule has 0 unspecified atom stereocenters. The summed E-state index contributed by atoms with van der Waals surface area (Å²) in [5.74, 6) is -0.756. The van der Waals surface area contributed by atoms with Gasteiger partial charge in [0.05, 0.1) is 5.69 Å². The molecule has 1 saturated heterocycles. The van der Waals surface area contributed by atoms with Gasteiger partial charge in [-0.3, -0.25) is 15.6 Å². The van der Waals surface area contributed by atoms with Crippen molar-refractivity contribution in [3.63, 3.8) is 0 Å². The molecule has 8 heteroatoms. The Labute approximate surface area is 101 Å². The number of nitrogens with one attached hydrogen (secondary N) is 5. The average Bonchev–Trinajstić information content (AvgIpc) is 2.55. The van der Waals surface area contributed by atoms with Gasteiger partial charge in [-0.1, -0.05) is 6.07 Å². The SMILES string of the molecule is O=C1Nc2cc(F)ccc2C12NNC(=S)NN2. The topological polar surface area (TPSA) is 77.2 Å². The summed E-state index contributed by atoms with van der Waals surface area (Å²) in [6, 6.07) is 4.08. The van der Waals surface area contributed by atoms with Gasteiger partial charge < -0.3 is 5.32 Å². The lowest BCUT2D eigenvalue weighted by Crippen LogP contribution is -2.74. The zero-order chi connectivity index (χ0) is 12.0.